The summed E-state index contributed by atoms with van der Waals surface area (Å²) in [5, 5.41) is 6.89. The molecule has 8 nitrogen and oxygen atoms in total. The number of carbonyl (C=O) groups is 1. The SMILES string of the molecule is O=C(N(Cc1ccc(-c2nnc(C(F)F)o2)cn1)c1ccccc1)C1(F)CN(C2COC2)C1. The summed E-state index contributed by atoms with van der Waals surface area (Å²) >= 11 is 0. The van der Waals surface area contributed by atoms with Gasteiger partial charge in [0.25, 0.3) is 11.8 Å². The average Bonchev–Trinajstić information content (AvgIpc) is 3.26. The van der Waals surface area contributed by atoms with Crippen LogP contribution in [0.25, 0.3) is 11.5 Å². The van der Waals surface area contributed by atoms with E-state index in [0.29, 0.717) is 30.2 Å². The Labute approximate surface area is 187 Å². The fourth-order valence-electron chi connectivity index (χ4n) is 3.80. The van der Waals surface area contributed by atoms with Crippen LogP contribution in [0, 0.1) is 0 Å². The highest BCUT2D eigenvalue weighted by Crippen LogP contribution is 2.33. The van der Waals surface area contributed by atoms with E-state index >= 15 is 4.39 Å². The number of nitrogens with zero attached hydrogens (tertiary/aromatic N) is 5. The fraction of sp³-hybridized carbons (Fsp3) is 0.364. The van der Waals surface area contributed by atoms with E-state index in [1.54, 1.807) is 36.4 Å². The van der Waals surface area contributed by atoms with Crippen molar-refractivity contribution in [3.63, 3.8) is 0 Å². The molecule has 3 aromatic rings. The lowest BCUT2D eigenvalue weighted by molar-refractivity contribution is -0.161. The van der Waals surface area contributed by atoms with Gasteiger partial charge in [-0.25, -0.2) is 4.39 Å². The van der Waals surface area contributed by atoms with Crippen LogP contribution < -0.4 is 4.90 Å². The fourth-order valence-corrected chi connectivity index (χ4v) is 3.80. The summed E-state index contributed by atoms with van der Waals surface area (Å²) in [6.07, 6.45) is -1.48. The van der Waals surface area contributed by atoms with Crippen molar-refractivity contribution in [2.45, 2.75) is 24.7 Å². The Morgan fingerprint density at radius 1 is 1.15 bits per heavy atom. The van der Waals surface area contributed by atoms with Crippen molar-refractivity contribution in [1.29, 1.82) is 0 Å². The highest BCUT2D eigenvalue weighted by Gasteiger charge is 2.54. The third kappa shape index (κ3) is 4.21. The highest BCUT2D eigenvalue weighted by molar-refractivity contribution is 6.00. The van der Waals surface area contributed by atoms with Gasteiger partial charge in [-0.05, 0) is 24.3 Å². The third-order valence-electron chi connectivity index (χ3n) is 5.76. The van der Waals surface area contributed by atoms with Gasteiger partial charge in [0.15, 0.2) is 0 Å². The van der Waals surface area contributed by atoms with Crippen molar-refractivity contribution in [2.75, 3.05) is 31.2 Å². The number of ether oxygens (including phenoxy) is 1. The molecule has 2 aromatic heterocycles. The molecule has 11 heteroatoms. The Bertz CT molecular complexity index is 1120. The van der Waals surface area contributed by atoms with Crippen LogP contribution in [-0.4, -0.2) is 64.0 Å². The van der Waals surface area contributed by atoms with Crippen molar-refractivity contribution in [3.8, 4) is 11.5 Å². The van der Waals surface area contributed by atoms with Gasteiger partial charge in [0.2, 0.25) is 11.6 Å². The van der Waals surface area contributed by atoms with Crippen molar-refractivity contribution in [1.82, 2.24) is 20.1 Å². The topological polar surface area (TPSA) is 84.6 Å². The van der Waals surface area contributed by atoms with Gasteiger partial charge < -0.3 is 14.1 Å². The molecule has 4 heterocycles. The minimum atomic E-state index is -2.86. The zero-order chi connectivity index (χ0) is 23.0. The van der Waals surface area contributed by atoms with Crippen LogP contribution in [0.15, 0.2) is 53.1 Å². The van der Waals surface area contributed by atoms with Gasteiger partial charge in [-0.1, -0.05) is 18.2 Å². The molecular formula is C22H20F3N5O3. The number of pyridine rings is 1. The summed E-state index contributed by atoms with van der Waals surface area (Å²) in [5.74, 6) is -1.49. The van der Waals surface area contributed by atoms with Crippen molar-refractivity contribution in [3.05, 3.63) is 60.2 Å². The second-order valence-corrected chi connectivity index (χ2v) is 8.07. The first-order valence-corrected chi connectivity index (χ1v) is 10.4. The minimum absolute atomic E-state index is 0.0270. The quantitative estimate of drug-likeness (QED) is 0.537. The molecule has 0 radical (unpaired) electrons. The Morgan fingerprint density at radius 3 is 2.48 bits per heavy atom. The van der Waals surface area contributed by atoms with E-state index in [9.17, 15) is 13.6 Å². The summed E-state index contributed by atoms with van der Waals surface area (Å²) < 4.78 is 50.9. The van der Waals surface area contributed by atoms with E-state index in [2.05, 4.69) is 15.2 Å². The monoisotopic (exact) mass is 459 g/mol. The summed E-state index contributed by atoms with van der Waals surface area (Å²) in [5.41, 5.74) is -0.595. The lowest BCUT2D eigenvalue weighted by Gasteiger charge is -2.50. The molecule has 2 saturated heterocycles. The zero-order valence-electron chi connectivity index (χ0n) is 17.4. The number of carbonyl (C=O) groups excluding carboxylic acids is 1. The van der Waals surface area contributed by atoms with Crippen LogP contribution in [0.2, 0.25) is 0 Å². The van der Waals surface area contributed by atoms with Gasteiger partial charge in [0.1, 0.15) is 0 Å². The number of halogens is 3. The molecule has 0 spiro atoms. The molecule has 0 bridgehead atoms. The van der Waals surface area contributed by atoms with Crippen LogP contribution in [0.4, 0.5) is 18.9 Å². The minimum Gasteiger partial charge on any atom is -0.415 e. The smallest absolute Gasteiger partial charge is 0.314 e. The van der Waals surface area contributed by atoms with Gasteiger partial charge in [0, 0.05) is 25.0 Å². The zero-order valence-corrected chi connectivity index (χ0v) is 17.4. The number of para-hydroxylation sites is 1. The molecule has 1 amide bonds. The maximum absolute atomic E-state index is 15.5. The van der Waals surface area contributed by atoms with Crippen LogP contribution in [-0.2, 0) is 16.1 Å². The third-order valence-corrected chi connectivity index (χ3v) is 5.76. The van der Waals surface area contributed by atoms with Gasteiger partial charge in [0.05, 0.1) is 37.1 Å². The molecule has 33 heavy (non-hydrogen) atoms. The number of anilines is 1. The number of likely N-dealkylation sites (tertiary alicyclic amines) is 1. The summed E-state index contributed by atoms with van der Waals surface area (Å²) in [4.78, 5) is 20.8. The second-order valence-electron chi connectivity index (χ2n) is 8.07. The molecule has 5 rings (SSSR count). The number of benzene rings is 1. The average molecular weight is 459 g/mol. The molecule has 0 N–H and O–H groups in total. The number of hydrogen-bond donors (Lipinski definition) is 0. The Kier molecular flexibility index (Phi) is 5.59. The van der Waals surface area contributed by atoms with E-state index in [0.717, 1.165) is 0 Å². The van der Waals surface area contributed by atoms with Crippen molar-refractivity contribution >= 4 is 11.6 Å². The van der Waals surface area contributed by atoms with Crippen molar-refractivity contribution < 1.29 is 27.1 Å². The highest BCUT2D eigenvalue weighted by atomic mass is 19.3. The number of alkyl halides is 3. The molecule has 0 atom stereocenters. The van der Waals surface area contributed by atoms with Crippen LogP contribution >= 0.6 is 0 Å². The van der Waals surface area contributed by atoms with Gasteiger partial charge in [-0.3, -0.25) is 14.7 Å². The Hall–Kier alpha value is -3.31. The number of rotatable bonds is 7. The van der Waals surface area contributed by atoms with E-state index in [4.69, 9.17) is 9.15 Å². The molecule has 1 aromatic carbocycles. The maximum Gasteiger partial charge on any atom is 0.314 e. The summed E-state index contributed by atoms with van der Waals surface area (Å²) in [6.45, 7) is 1.20. The standard InChI is InChI=1S/C22H20F3N5O3/c23-18(24)20-28-27-19(33-20)14-6-7-15(26-8-14)9-30(16-4-2-1-3-5-16)21(31)22(25)12-29(13-22)17-10-32-11-17/h1-8,17-18H,9-13H2. The molecule has 0 aliphatic carbocycles. The first kappa shape index (κ1) is 21.5. The largest absolute Gasteiger partial charge is 0.415 e. The number of hydrogen-bond acceptors (Lipinski definition) is 7. The van der Waals surface area contributed by atoms with Crippen LogP contribution in [0.1, 0.15) is 18.0 Å². The Morgan fingerprint density at radius 2 is 1.91 bits per heavy atom. The lowest BCUT2D eigenvalue weighted by atomic mass is 9.91. The van der Waals surface area contributed by atoms with Crippen molar-refractivity contribution in [2.24, 2.45) is 0 Å². The second kappa shape index (κ2) is 8.56. The predicted octanol–water partition coefficient (Wildman–Crippen LogP) is 3.03. The van der Waals surface area contributed by atoms with E-state index in [-0.39, 0.29) is 31.6 Å². The maximum atomic E-state index is 15.5. The first-order valence-electron chi connectivity index (χ1n) is 10.4. The van der Waals surface area contributed by atoms with Gasteiger partial charge >= 0.3 is 6.43 Å². The van der Waals surface area contributed by atoms with Gasteiger partial charge in [-0.15, -0.1) is 10.2 Å². The van der Waals surface area contributed by atoms with E-state index in [1.807, 2.05) is 11.0 Å². The van der Waals surface area contributed by atoms with E-state index < -0.39 is 23.9 Å². The molecule has 2 fully saturated rings. The van der Waals surface area contributed by atoms with E-state index in [1.165, 1.54) is 11.1 Å². The normalized spacial score (nSPS) is 18.1. The predicted molar refractivity (Wildman–Crippen MR) is 110 cm³/mol. The van der Waals surface area contributed by atoms with Crippen LogP contribution in [0.3, 0.4) is 0 Å². The molecular weight excluding hydrogens is 439 g/mol. The molecule has 172 valence electrons. The lowest BCUT2D eigenvalue weighted by Crippen LogP contribution is -2.71. The number of amides is 1. The number of aromatic nitrogens is 3. The summed E-state index contributed by atoms with van der Waals surface area (Å²) in [6, 6.07) is 12.2. The molecule has 0 saturated carbocycles. The van der Waals surface area contributed by atoms with Crippen LogP contribution in [0.5, 0.6) is 0 Å². The molecule has 0 unspecified atom stereocenters. The summed E-state index contributed by atoms with van der Waals surface area (Å²) in [7, 11) is 0. The first-order chi connectivity index (χ1) is 15.9. The van der Waals surface area contributed by atoms with Gasteiger partial charge in [-0.2, -0.15) is 8.78 Å². The Balaban J connectivity index is 1.34. The molecule has 2 aliphatic heterocycles. The molecule has 2 aliphatic rings.